The highest BCUT2D eigenvalue weighted by Crippen LogP contribution is 2.31. The standard InChI is InChI=1S/C7H15N.C5H12O.H2/c1-6-3-7(4-6)5-8-2;1-5(2,3)6-4;/h6-8H,3-5H2,1-2H3;1-4H3;1H. The monoisotopic (exact) mass is 203 g/mol. The summed E-state index contributed by atoms with van der Waals surface area (Å²) in [4.78, 5) is 0. The molecule has 2 heteroatoms. The molecule has 0 aliphatic heterocycles. The van der Waals surface area contributed by atoms with Crippen LogP contribution in [-0.4, -0.2) is 26.3 Å². The smallest absolute Gasteiger partial charge is 0.0594 e. The summed E-state index contributed by atoms with van der Waals surface area (Å²) in [6, 6.07) is 0. The summed E-state index contributed by atoms with van der Waals surface area (Å²) >= 11 is 0. The Morgan fingerprint density at radius 3 is 2.00 bits per heavy atom. The molecule has 0 radical (unpaired) electrons. The average Bonchev–Trinajstić information content (AvgIpc) is 2.02. The highest BCUT2D eigenvalue weighted by atomic mass is 16.5. The minimum absolute atomic E-state index is 0. The number of ether oxygens (including phenoxy) is 1. The third-order valence-electron chi connectivity index (χ3n) is 2.58. The second-order valence-corrected chi connectivity index (χ2v) is 5.32. The highest BCUT2D eigenvalue weighted by molar-refractivity contribution is 4.76. The van der Waals surface area contributed by atoms with Crippen molar-refractivity contribution in [2.45, 2.75) is 46.1 Å². The summed E-state index contributed by atoms with van der Waals surface area (Å²) in [5, 5.41) is 3.19. The molecule has 0 aromatic carbocycles. The summed E-state index contributed by atoms with van der Waals surface area (Å²) < 4.78 is 4.94. The van der Waals surface area contributed by atoms with Crippen LogP contribution in [0.5, 0.6) is 0 Å². The average molecular weight is 203 g/mol. The van der Waals surface area contributed by atoms with Crippen LogP contribution in [0.1, 0.15) is 42.0 Å². The number of rotatable bonds is 2. The van der Waals surface area contributed by atoms with Crippen LogP contribution >= 0.6 is 0 Å². The minimum Gasteiger partial charge on any atom is -0.379 e. The fourth-order valence-corrected chi connectivity index (χ4v) is 1.52. The van der Waals surface area contributed by atoms with Gasteiger partial charge in [0, 0.05) is 8.54 Å². The van der Waals surface area contributed by atoms with E-state index in [4.69, 9.17) is 4.74 Å². The van der Waals surface area contributed by atoms with Crippen molar-refractivity contribution in [3.8, 4) is 0 Å². The number of hydrogen-bond donors (Lipinski definition) is 1. The van der Waals surface area contributed by atoms with Crippen molar-refractivity contribution < 1.29 is 6.16 Å². The second kappa shape index (κ2) is 6.41. The molecule has 0 heterocycles. The van der Waals surface area contributed by atoms with Crippen LogP contribution in [0.25, 0.3) is 0 Å². The van der Waals surface area contributed by atoms with E-state index in [2.05, 4.69) is 12.2 Å². The summed E-state index contributed by atoms with van der Waals surface area (Å²) in [6.07, 6.45) is 2.89. The van der Waals surface area contributed by atoms with E-state index >= 15 is 0 Å². The lowest BCUT2D eigenvalue weighted by Crippen LogP contribution is -2.29. The van der Waals surface area contributed by atoms with Gasteiger partial charge < -0.3 is 10.1 Å². The molecular formula is C12H29NO. The first-order valence-electron chi connectivity index (χ1n) is 5.58. The molecule has 0 saturated heterocycles. The van der Waals surface area contributed by atoms with Gasteiger partial charge in [-0.3, -0.25) is 0 Å². The van der Waals surface area contributed by atoms with Crippen LogP contribution in [-0.2, 0) is 4.74 Å². The molecule has 0 aromatic heterocycles. The molecule has 0 bridgehead atoms. The maximum absolute atomic E-state index is 4.94. The van der Waals surface area contributed by atoms with Crippen LogP contribution in [0.15, 0.2) is 0 Å². The highest BCUT2D eigenvalue weighted by Gasteiger charge is 2.23. The van der Waals surface area contributed by atoms with E-state index in [1.807, 2.05) is 27.8 Å². The van der Waals surface area contributed by atoms with Crippen LogP contribution in [0.2, 0.25) is 0 Å². The second-order valence-electron chi connectivity index (χ2n) is 5.32. The van der Waals surface area contributed by atoms with E-state index < -0.39 is 0 Å². The third kappa shape index (κ3) is 7.34. The molecule has 0 amide bonds. The molecule has 1 aliphatic carbocycles. The number of hydrogen-bond acceptors (Lipinski definition) is 2. The SMILES string of the molecule is CNCC1CC(C)C1.COC(C)(C)C.[HH]. The molecule has 88 valence electrons. The van der Waals surface area contributed by atoms with Crippen molar-refractivity contribution in [3.63, 3.8) is 0 Å². The Labute approximate surface area is 90.9 Å². The predicted octanol–water partition coefficient (Wildman–Crippen LogP) is 2.93. The fourth-order valence-electron chi connectivity index (χ4n) is 1.52. The molecule has 2 nitrogen and oxygen atoms in total. The van der Waals surface area contributed by atoms with Gasteiger partial charge in [-0.25, -0.2) is 0 Å². The topological polar surface area (TPSA) is 21.3 Å². The zero-order valence-corrected chi connectivity index (χ0v) is 10.7. The van der Waals surface area contributed by atoms with Crippen LogP contribution < -0.4 is 5.32 Å². The van der Waals surface area contributed by atoms with Crippen molar-refractivity contribution in [2.24, 2.45) is 11.8 Å². The van der Waals surface area contributed by atoms with E-state index in [9.17, 15) is 0 Å². The third-order valence-corrected chi connectivity index (χ3v) is 2.58. The lowest BCUT2D eigenvalue weighted by atomic mass is 9.76. The van der Waals surface area contributed by atoms with Crippen molar-refractivity contribution in [1.82, 2.24) is 5.32 Å². The van der Waals surface area contributed by atoms with Gasteiger partial charge in [0.05, 0.1) is 5.60 Å². The van der Waals surface area contributed by atoms with Gasteiger partial charge in [0.1, 0.15) is 0 Å². The Balaban J connectivity index is 0. The minimum atomic E-state index is 0. The first-order chi connectivity index (χ1) is 6.39. The van der Waals surface area contributed by atoms with Crippen LogP contribution in [0, 0.1) is 11.8 Å². The Morgan fingerprint density at radius 1 is 1.36 bits per heavy atom. The Hall–Kier alpha value is -0.0800. The van der Waals surface area contributed by atoms with E-state index in [0.717, 1.165) is 11.8 Å². The van der Waals surface area contributed by atoms with Crippen LogP contribution in [0.4, 0.5) is 0 Å². The van der Waals surface area contributed by atoms with E-state index in [1.54, 1.807) is 7.11 Å². The lowest BCUT2D eigenvalue weighted by molar-refractivity contribution is 0.0397. The summed E-state index contributed by atoms with van der Waals surface area (Å²) in [5.41, 5.74) is 0.0417. The molecule has 0 unspecified atom stereocenters. The van der Waals surface area contributed by atoms with Gasteiger partial charge >= 0.3 is 0 Å². The zero-order valence-electron chi connectivity index (χ0n) is 10.7. The molecule has 0 atom stereocenters. The molecule has 0 aromatic rings. The maximum Gasteiger partial charge on any atom is 0.0594 e. The van der Waals surface area contributed by atoms with Crippen molar-refractivity contribution in [2.75, 3.05) is 20.7 Å². The Kier molecular flexibility index (Phi) is 6.38. The van der Waals surface area contributed by atoms with Crippen molar-refractivity contribution in [3.05, 3.63) is 0 Å². The normalized spacial score (nSPS) is 26.1. The molecular weight excluding hydrogens is 174 g/mol. The van der Waals surface area contributed by atoms with Crippen molar-refractivity contribution in [1.29, 1.82) is 0 Å². The maximum atomic E-state index is 4.94. The van der Waals surface area contributed by atoms with Gasteiger partial charge in [-0.15, -0.1) is 0 Å². The molecule has 0 spiro atoms. The summed E-state index contributed by atoms with van der Waals surface area (Å²) in [6.45, 7) is 9.61. The van der Waals surface area contributed by atoms with Gasteiger partial charge in [-0.05, 0) is 59.0 Å². The zero-order chi connectivity index (χ0) is 11.2. The van der Waals surface area contributed by atoms with E-state index in [0.29, 0.717) is 0 Å². The van der Waals surface area contributed by atoms with Gasteiger partial charge in [0.15, 0.2) is 0 Å². The Morgan fingerprint density at radius 2 is 1.79 bits per heavy atom. The molecule has 1 rings (SSSR count). The van der Waals surface area contributed by atoms with Crippen molar-refractivity contribution >= 4 is 0 Å². The molecule has 14 heavy (non-hydrogen) atoms. The number of methoxy groups -OCH3 is 1. The number of nitrogens with one attached hydrogen (secondary N) is 1. The van der Waals surface area contributed by atoms with Gasteiger partial charge in [-0.2, -0.15) is 0 Å². The molecule has 1 fully saturated rings. The van der Waals surface area contributed by atoms with E-state index in [-0.39, 0.29) is 7.03 Å². The largest absolute Gasteiger partial charge is 0.379 e. The van der Waals surface area contributed by atoms with Crippen LogP contribution in [0.3, 0.4) is 0 Å². The molecule has 1 aliphatic rings. The quantitative estimate of drug-likeness (QED) is 0.745. The molecule has 1 N–H and O–H groups in total. The van der Waals surface area contributed by atoms with E-state index in [1.165, 1.54) is 19.4 Å². The Bertz CT molecular complexity index is 136. The summed E-state index contributed by atoms with van der Waals surface area (Å²) in [7, 11) is 3.74. The van der Waals surface area contributed by atoms with Gasteiger partial charge in [0.25, 0.3) is 0 Å². The first kappa shape index (κ1) is 13.9. The van der Waals surface area contributed by atoms with Gasteiger partial charge in [-0.1, -0.05) is 6.92 Å². The molecule has 1 saturated carbocycles. The summed E-state index contributed by atoms with van der Waals surface area (Å²) in [5.74, 6) is 2.00. The van der Waals surface area contributed by atoms with Gasteiger partial charge in [0.2, 0.25) is 0 Å². The fraction of sp³-hybridized carbons (Fsp3) is 1.00. The first-order valence-corrected chi connectivity index (χ1v) is 5.58. The predicted molar refractivity (Wildman–Crippen MR) is 64.7 cm³/mol. The lowest BCUT2D eigenvalue weighted by Gasteiger charge is -2.32.